The number of halogens is 1. The molecular formula is C9H10BrNaO4S. The molecular weight excluding hydrogens is 307 g/mol. The van der Waals surface area contributed by atoms with Crippen LogP contribution in [0.3, 0.4) is 0 Å². The maximum absolute atomic E-state index is 10.9. The summed E-state index contributed by atoms with van der Waals surface area (Å²) in [6.45, 7) is 0.739. The average Bonchev–Trinajstić information content (AvgIpc) is 2.20. The van der Waals surface area contributed by atoms with Crippen LogP contribution >= 0.6 is 15.9 Å². The number of ether oxygens (including phenoxy) is 2. The Labute approximate surface area is 127 Å². The standard InChI is InChI=1S/C9H11BrO4S.Na/c1-13-4-5-14-8-3-2-7(10)6-9(8)15(11)12;/h2-3,6H,4-5H2,1H3,(H,11,12);/q;+1/p-1. The van der Waals surface area contributed by atoms with Crippen molar-refractivity contribution in [2.24, 2.45) is 0 Å². The Morgan fingerprint density at radius 2 is 2.12 bits per heavy atom. The summed E-state index contributed by atoms with van der Waals surface area (Å²) in [5.41, 5.74) is 0. The van der Waals surface area contributed by atoms with Crippen molar-refractivity contribution in [3.63, 3.8) is 0 Å². The fourth-order valence-corrected chi connectivity index (χ4v) is 1.99. The van der Waals surface area contributed by atoms with Crippen LogP contribution in [0.25, 0.3) is 0 Å². The van der Waals surface area contributed by atoms with Gasteiger partial charge in [-0.15, -0.1) is 0 Å². The molecule has 0 spiro atoms. The second kappa shape index (κ2) is 8.63. The molecule has 0 heterocycles. The smallest absolute Gasteiger partial charge is 0.768 e. The third kappa shape index (κ3) is 5.27. The van der Waals surface area contributed by atoms with Gasteiger partial charge in [-0.2, -0.15) is 0 Å². The van der Waals surface area contributed by atoms with E-state index < -0.39 is 11.1 Å². The van der Waals surface area contributed by atoms with Crippen LogP contribution in [-0.4, -0.2) is 29.1 Å². The maximum Gasteiger partial charge on any atom is 1.00 e. The zero-order valence-electron chi connectivity index (χ0n) is 9.07. The fourth-order valence-electron chi connectivity index (χ4n) is 0.966. The molecule has 0 amide bonds. The van der Waals surface area contributed by atoms with E-state index in [1.54, 1.807) is 19.2 Å². The number of rotatable bonds is 5. The third-order valence-electron chi connectivity index (χ3n) is 1.63. The Balaban J connectivity index is 0.00000225. The third-order valence-corrected chi connectivity index (χ3v) is 2.80. The van der Waals surface area contributed by atoms with E-state index in [4.69, 9.17) is 9.47 Å². The monoisotopic (exact) mass is 316 g/mol. The molecule has 0 aliphatic rings. The normalized spacial score (nSPS) is 11.7. The van der Waals surface area contributed by atoms with Gasteiger partial charge in [0.2, 0.25) is 0 Å². The molecule has 1 atom stereocenters. The van der Waals surface area contributed by atoms with Gasteiger partial charge in [-0.05, 0) is 29.3 Å². The molecule has 0 fully saturated rings. The largest absolute Gasteiger partial charge is 1.00 e. The first-order chi connectivity index (χ1) is 7.15. The first-order valence-electron chi connectivity index (χ1n) is 4.15. The molecule has 0 N–H and O–H groups in total. The number of hydrogen-bond acceptors (Lipinski definition) is 4. The van der Waals surface area contributed by atoms with Crippen LogP contribution < -0.4 is 34.3 Å². The molecule has 0 bridgehead atoms. The Morgan fingerprint density at radius 3 is 2.69 bits per heavy atom. The van der Waals surface area contributed by atoms with Crippen molar-refractivity contribution in [2.75, 3.05) is 20.3 Å². The predicted molar refractivity (Wildman–Crippen MR) is 58.7 cm³/mol. The summed E-state index contributed by atoms with van der Waals surface area (Å²) in [5, 5.41) is 0. The second-order valence-corrected chi connectivity index (χ2v) is 4.49. The Bertz CT molecular complexity index is 361. The summed E-state index contributed by atoms with van der Waals surface area (Å²) in [4.78, 5) is 0.139. The van der Waals surface area contributed by atoms with E-state index in [0.717, 1.165) is 0 Å². The van der Waals surface area contributed by atoms with Crippen LogP contribution in [0.2, 0.25) is 0 Å². The maximum atomic E-state index is 10.9. The predicted octanol–water partition coefficient (Wildman–Crippen LogP) is -1.28. The van der Waals surface area contributed by atoms with Gasteiger partial charge in [-0.3, -0.25) is 4.21 Å². The molecule has 0 saturated carbocycles. The minimum absolute atomic E-state index is 0. The molecule has 1 rings (SSSR count). The molecule has 0 aliphatic carbocycles. The van der Waals surface area contributed by atoms with Crippen LogP contribution in [0.15, 0.2) is 27.6 Å². The molecule has 1 aromatic rings. The van der Waals surface area contributed by atoms with Crippen LogP contribution in [0.4, 0.5) is 0 Å². The molecule has 7 heteroatoms. The summed E-state index contributed by atoms with van der Waals surface area (Å²) in [6.07, 6.45) is 0. The van der Waals surface area contributed by atoms with Gasteiger partial charge in [0.25, 0.3) is 0 Å². The van der Waals surface area contributed by atoms with E-state index >= 15 is 0 Å². The van der Waals surface area contributed by atoms with Crippen molar-refractivity contribution in [3.05, 3.63) is 22.7 Å². The van der Waals surface area contributed by atoms with Crippen molar-refractivity contribution >= 4 is 27.0 Å². The summed E-state index contributed by atoms with van der Waals surface area (Å²) >= 11 is 0.891. The van der Waals surface area contributed by atoms with Crippen molar-refractivity contribution in [3.8, 4) is 5.75 Å². The van der Waals surface area contributed by atoms with E-state index in [0.29, 0.717) is 23.4 Å². The molecule has 0 aliphatic heterocycles. The van der Waals surface area contributed by atoms with Crippen molar-refractivity contribution in [2.45, 2.75) is 4.90 Å². The summed E-state index contributed by atoms with van der Waals surface area (Å²) in [6, 6.07) is 4.81. The van der Waals surface area contributed by atoms with Gasteiger partial charge in [-0.25, -0.2) is 0 Å². The van der Waals surface area contributed by atoms with E-state index in [1.165, 1.54) is 6.07 Å². The van der Waals surface area contributed by atoms with Gasteiger partial charge in [0.05, 0.1) is 11.5 Å². The zero-order valence-corrected chi connectivity index (χ0v) is 13.5. The average molecular weight is 317 g/mol. The fraction of sp³-hybridized carbons (Fsp3) is 0.333. The number of hydrogen-bond donors (Lipinski definition) is 0. The van der Waals surface area contributed by atoms with Crippen molar-refractivity contribution in [1.82, 2.24) is 0 Å². The quantitative estimate of drug-likeness (QED) is 0.385. The second-order valence-electron chi connectivity index (χ2n) is 2.67. The van der Waals surface area contributed by atoms with Crippen LogP contribution in [-0.2, 0) is 15.8 Å². The molecule has 1 aromatic carbocycles. The summed E-state index contributed by atoms with van der Waals surface area (Å²) in [5.74, 6) is 0.337. The van der Waals surface area contributed by atoms with Crippen molar-refractivity contribution < 1.29 is 47.8 Å². The van der Waals surface area contributed by atoms with E-state index in [-0.39, 0.29) is 34.5 Å². The summed E-state index contributed by atoms with van der Waals surface area (Å²) in [7, 11) is 1.55. The zero-order chi connectivity index (χ0) is 11.3. The molecule has 84 valence electrons. The molecule has 0 saturated heterocycles. The Morgan fingerprint density at radius 1 is 1.44 bits per heavy atom. The minimum atomic E-state index is -2.30. The van der Waals surface area contributed by atoms with Gasteiger partial charge in [0, 0.05) is 11.6 Å². The topological polar surface area (TPSA) is 58.6 Å². The molecule has 0 aromatic heterocycles. The van der Waals surface area contributed by atoms with E-state index in [1.807, 2.05) is 0 Å². The van der Waals surface area contributed by atoms with E-state index in [9.17, 15) is 8.76 Å². The van der Waals surface area contributed by atoms with Gasteiger partial charge < -0.3 is 14.0 Å². The van der Waals surface area contributed by atoms with Gasteiger partial charge in [0.15, 0.2) is 0 Å². The number of benzene rings is 1. The van der Waals surface area contributed by atoms with Crippen LogP contribution in [0, 0.1) is 0 Å². The summed E-state index contributed by atoms with van der Waals surface area (Å²) < 4.78 is 32.5. The molecule has 4 nitrogen and oxygen atoms in total. The van der Waals surface area contributed by atoms with Gasteiger partial charge in [0.1, 0.15) is 12.4 Å². The van der Waals surface area contributed by atoms with Crippen LogP contribution in [0.5, 0.6) is 5.75 Å². The molecule has 0 radical (unpaired) electrons. The van der Waals surface area contributed by atoms with Gasteiger partial charge >= 0.3 is 29.6 Å². The first-order valence-corrected chi connectivity index (χ1v) is 6.02. The van der Waals surface area contributed by atoms with Crippen LogP contribution in [0.1, 0.15) is 0 Å². The SMILES string of the molecule is COCCOc1ccc(Br)cc1S(=O)[O-].[Na+]. The van der Waals surface area contributed by atoms with Crippen molar-refractivity contribution in [1.29, 1.82) is 0 Å². The molecule has 16 heavy (non-hydrogen) atoms. The number of methoxy groups -OCH3 is 1. The molecule has 1 unspecified atom stereocenters. The Kier molecular flexibility index (Phi) is 8.94. The Hall–Kier alpha value is 0.570. The van der Waals surface area contributed by atoms with E-state index in [2.05, 4.69) is 15.9 Å². The minimum Gasteiger partial charge on any atom is -0.768 e. The van der Waals surface area contributed by atoms with Gasteiger partial charge in [-0.1, -0.05) is 15.9 Å². The first kappa shape index (κ1) is 16.6.